The van der Waals surface area contributed by atoms with Crippen LogP contribution in [0.2, 0.25) is 5.02 Å². The predicted octanol–water partition coefficient (Wildman–Crippen LogP) is 2.30. The van der Waals surface area contributed by atoms with Gasteiger partial charge in [0.15, 0.2) is 0 Å². The van der Waals surface area contributed by atoms with E-state index in [0.29, 0.717) is 5.54 Å². The minimum Gasteiger partial charge on any atom is -0.304 e. The Morgan fingerprint density at radius 1 is 1.25 bits per heavy atom. The van der Waals surface area contributed by atoms with E-state index in [-0.39, 0.29) is 0 Å². The van der Waals surface area contributed by atoms with E-state index >= 15 is 0 Å². The standard InChI is InChI=1S/C10H10ClN/c11-8-3-1-7(2-4-8)10-5-9(6-10)12-10/h1-4,9,12H,5-6H2. The zero-order valence-electron chi connectivity index (χ0n) is 6.68. The van der Waals surface area contributed by atoms with Gasteiger partial charge in [0.2, 0.25) is 0 Å². The fourth-order valence-corrected chi connectivity index (χ4v) is 2.34. The number of hydrogen-bond acceptors (Lipinski definition) is 1. The fourth-order valence-electron chi connectivity index (χ4n) is 2.22. The van der Waals surface area contributed by atoms with Crippen LogP contribution in [0.1, 0.15) is 18.4 Å². The van der Waals surface area contributed by atoms with Gasteiger partial charge in [0.25, 0.3) is 0 Å². The van der Waals surface area contributed by atoms with Crippen molar-refractivity contribution in [1.82, 2.24) is 5.32 Å². The lowest BCUT2D eigenvalue weighted by atomic mass is 9.59. The predicted molar refractivity (Wildman–Crippen MR) is 49.3 cm³/mol. The van der Waals surface area contributed by atoms with Crippen LogP contribution in [0, 0.1) is 0 Å². The van der Waals surface area contributed by atoms with Crippen molar-refractivity contribution in [3.63, 3.8) is 0 Å². The lowest BCUT2D eigenvalue weighted by Crippen LogP contribution is -2.74. The van der Waals surface area contributed by atoms with E-state index < -0.39 is 0 Å². The van der Waals surface area contributed by atoms with Crippen molar-refractivity contribution in [3.05, 3.63) is 34.9 Å². The summed E-state index contributed by atoms with van der Waals surface area (Å²) in [6, 6.07) is 9.01. The largest absolute Gasteiger partial charge is 0.304 e. The van der Waals surface area contributed by atoms with E-state index in [0.717, 1.165) is 11.1 Å². The normalized spacial score (nSPS) is 36.9. The van der Waals surface area contributed by atoms with Gasteiger partial charge in [0.05, 0.1) is 0 Å². The van der Waals surface area contributed by atoms with Gasteiger partial charge in [-0.2, -0.15) is 0 Å². The number of halogens is 1. The second-order valence-corrected chi connectivity index (χ2v) is 4.27. The van der Waals surface area contributed by atoms with Gasteiger partial charge >= 0.3 is 0 Å². The van der Waals surface area contributed by atoms with Crippen LogP contribution in [0.3, 0.4) is 0 Å². The van der Waals surface area contributed by atoms with Crippen molar-refractivity contribution in [3.8, 4) is 0 Å². The van der Waals surface area contributed by atoms with Gasteiger partial charge in [-0.1, -0.05) is 23.7 Å². The molecule has 0 radical (unpaired) electrons. The molecule has 0 spiro atoms. The molecule has 4 rings (SSSR count). The maximum atomic E-state index is 5.82. The van der Waals surface area contributed by atoms with E-state index in [2.05, 4.69) is 17.4 Å². The number of rotatable bonds is 1. The molecule has 0 aromatic heterocycles. The Bertz CT molecular complexity index is 300. The summed E-state index contributed by atoms with van der Waals surface area (Å²) < 4.78 is 0. The molecule has 0 amide bonds. The molecule has 3 fully saturated rings. The second kappa shape index (κ2) is 2.04. The van der Waals surface area contributed by atoms with Crippen molar-refractivity contribution >= 4 is 11.6 Å². The topological polar surface area (TPSA) is 12.0 Å². The first-order valence-electron chi connectivity index (χ1n) is 4.32. The molecule has 1 nitrogen and oxygen atoms in total. The Morgan fingerprint density at radius 2 is 1.83 bits per heavy atom. The smallest absolute Gasteiger partial charge is 0.0466 e. The van der Waals surface area contributed by atoms with Gasteiger partial charge in [0.1, 0.15) is 0 Å². The molecule has 12 heavy (non-hydrogen) atoms. The SMILES string of the molecule is Clc1ccc(C23CC(C2)N3)cc1. The molecule has 2 saturated heterocycles. The van der Waals surface area contributed by atoms with Gasteiger partial charge < -0.3 is 5.32 Å². The highest BCUT2D eigenvalue weighted by atomic mass is 35.5. The summed E-state index contributed by atoms with van der Waals surface area (Å²) in [6.07, 6.45) is 2.63. The lowest BCUT2D eigenvalue weighted by molar-refractivity contribution is -0.0219. The van der Waals surface area contributed by atoms with Crippen LogP contribution in [0.25, 0.3) is 0 Å². The molecular weight excluding hydrogens is 170 g/mol. The third-order valence-electron chi connectivity index (χ3n) is 3.07. The Kier molecular flexibility index (Phi) is 1.18. The quantitative estimate of drug-likeness (QED) is 0.698. The van der Waals surface area contributed by atoms with Crippen LogP contribution in [0.15, 0.2) is 24.3 Å². The monoisotopic (exact) mass is 179 g/mol. The molecule has 2 bridgehead atoms. The summed E-state index contributed by atoms with van der Waals surface area (Å²) in [5.41, 5.74) is 1.74. The highest BCUT2D eigenvalue weighted by Gasteiger charge is 2.56. The maximum Gasteiger partial charge on any atom is 0.0466 e. The Morgan fingerprint density at radius 3 is 2.25 bits per heavy atom. The first-order valence-corrected chi connectivity index (χ1v) is 4.70. The molecule has 1 aromatic rings. The first-order chi connectivity index (χ1) is 5.78. The summed E-state index contributed by atoms with van der Waals surface area (Å²) in [6.45, 7) is 0. The Balaban J connectivity index is 1.96. The highest BCUT2D eigenvalue weighted by Crippen LogP contribution is 2.51. The van der Waals surface area contributed by atoms with Crippen molar-refractivity contribution in [2.75, 3.05) is 0 Å². The van der Waals surface area contributed by atoms with E-state index in [9.17, 15) is 0 Å². The number of hydrogen-bond donors (Lipinski definition) is 1. The zero-order chi connectivity index (χ0) is 8.18. The zero-order valence-corrected chi connectivity index (χ0v) is 7.43. The van der Waals surface area contributed by atoms with Crippen LogP contribution in [-0.4, -0.2) is 6.04 Å². The number of nitrogens with one attached hydrogen (secondary N) is 1. The van der Waals surface area contributed by atoms with E-state index in [1.54, 1.807) is 0 Å². The Labute approximate surface area is 76.7 Å². The summed E-state index contributed by atoms with van der Waals surface area (Å²) >= 11 is 5.82. The Hall–Kier alpha value is -0.530. The van der Waals surface area contributed by atoms with Crippen molar-refractivity contribution in [2.45, 2.75) is 24.4 Å². The molecule has 0 atom stereocenters. The van der Waals surface area contributed by atoms with Crippen molar-refractivity contribution < 1.29 is 0 Å². The summed E-state index contributed by atoms with van der Waals surface area (Å²) in [5, 5.41) is 4.34. The molecule has 2 aliphatic heterocycles. The van der Waals surface area contributed by atoms with E-state index in [1.165, 1.54) is 18.4 Å². The van der Waals surface area contributed by atoms with Gasteiger partial charge in [-0.25, -0.2) is 0 Å². The molecule has 1 aromatic carbocycles. The van der Waals surface area contributed by atoms with Crippen LogP contribution in [-0.2, 0) is 5.54 Å². The molecule has 1 N–H and O–H groups in total. The molecule has 2 heterocycles. The van der Waals surface area contributed by atoms with Crippen molar-refractivity contribution in [1.29, 1.82) is 0 Å². The van der Waals surface area contributed by atoms with Crippen LogP contribution >= 0.6 is 11.6 Å². The van der Waals surface area contributed by atoms with E-state index in [4.69, 9.17) is 11.6 Å². The minimum atomic E-state index is 0.343. The molecule has 0 unspecified atom stereocenters. The maximum absolute atomic E-state index is 5.82. The summed E-state index contributed by atoms with van der Waals surface area (Å²) in [4.78, 5) is 0. The molecule has 1 aliphatic carbocycles. The fraction of sp³-hybridized carbons (Fsp3) is 0.400. The second-order valence-electron chi connectivity index (χ2n) is 3.84. The molecule has 1 saturated carbocycles. The molecule has 2 heteroatoms. The van der Waals surface area contributed by atoms with Gasteiger partial charge in [-0.3, -0.25) is 0 Å². The van der Waals surface area contributed by atoms with E-state index in [1.807, 2.05) is 12.1 Å². The summed E-state index contributed by atoms with van der Waals surface area (Å²) in [5.74, 6) is 0. The average molecular weight is 180 g/mol. The number of benzene rings is 1. The first kappa shape index (κ1) is 6.93. The molecular formula is C10H10ClN. The van der Waals surface area contributed by atoms with Gasteiger partial charge in [-0.15, -0.1) is 0 Å². The lowest BCUT2D eigenvalue weighted by Gasteiger charge is -2.63. The van der Waals surface area contributed by atoms with Gasteiger partial charge in [-0.05, 0) is 30.5 Å². The average Bonchev–Trinajstić information content (AvgIpc) is 1.87. The van der Waals surface area contributed by atoms with Crippen LogP contribution < -0.4 is 5.32 Å². The minimum absolute atomic E-state index is 0.343. The highest BCUT2D eigenvalue weighted by molar-refractivity contribution is 6.30. The molecule has 62 valence electrons. The van der Waals surface area contributed by atoms with Gasteiger partial charge in [0, 0.05) is 16.6 Å². The van der Waals surface area contributed by atoms with Crippen LogP contribution in [0.4, 0.5) is 0 Å². The third kappa shape index (κ3) is 0.732. The molecule has 3 aliphatic rings. The van der Waals surface area contributed by atoms with Crippen molar-refractivity contribution in [2.24, 2.45) is 0 Å². The summed E-state index contributed by atoms with van der Waals surface area (Å²) in [7, 11) is 0. The third-order valence-corrected chi connectivity index (χ3v) is 3.32. The van der Waals surface area contributed by atoms with Crippen LogP contribution in [0.5, 0.6) is 0 Å².